The largest absolute Gasteiger partial charge is 0.496 e. The highest BCUT2D eigenvalue weighted by molar-refractivity contribution is 5.68. The summed E-state index contributed by atoms with van der Waals surface area (Å²) in [5.74, 6) is 0.855. The van der Waals surface area contributed by atoms with E-state index in [9.17, 15) is 9.90 Å². The first-order valence-corrected chi connectivity index (χ1v) is 10.3. The van der Waals surface area contributed by atoms with E-state index in [0.717, 1.165) is 23.3 Å². The number of carbonyl (C=O) groups is 1. The number of nitrogens with one attached hydrogen (secondary N) is 2. The summed E-state index contributed by atoms with van der Waals surface area (Å²) in [7, 11) is 1.66. The molecular weight excluding hydrogens is 380 g/mol. The van der Waals surface area contributed by atoms with Gasteiger partial charge in [0.05, 0.1) is 19.3 Å². The SMILES string of the molecule is COc1ccccc1CCNC[C@@H](O)[C@H](Cc1ccccc1)NC(=O)OC(C)(C)C. The molecule has 2 atom stereocenters. The topological polar surface area (TPSA) is 79.8 Å². The molecule has 0 aliphatic heterocycles. The van der Waals surface area contributed by atoms with Crippen LogP contribution in [0.25, 0.3) is 0 Å². The van der Waals surface area contributed by atoms with Gasteiger partial charge >= 0.3 is 6.09 Å². The van der Waals surface area contributed by atoms with Crippen molar-refractivity contribution in [2.24, 2.45) is 0 Å². The summed E-state index contributed by atoms with van der Waals surface area (Å²) < 4.78 is 10.7. The molecule has 0 heterocycles. The molecule has 3 N–H and O–H groups in total. The van der Waals surface area contributed by atoms with Gasteiger partial charge in [0.25, 0.3) is 0 Å². The van der Waals surface area contributed by atoms with Crippen molar-refractivity contribution < 1.29 is 19.4 Å². The number of hydrogen-bond acceptors (Lipinski definition) is 5. The van der Waals surface area contributed by atoms with E-state index in [4.69, 9.17) is 9.47 Å². The summed E-state index contributed by atoms with van der Waals surface area (Å²) in [6.45, 7) is 6.47. The molecule has 164 valence electrons. The van der Waals surface area contributed by atoms with E-state index >= 15 is 0 Å². The van der Waals surface area contributed by atoms with Crippen molar-refractivity contribution >= 4 is 6.09 Å². The number of hydrogen-bond donors (Lipinski definition) is 3. The molecule has 0 fully saturated rings. The summed E-state index contributed by atoms with van der Waals surface area (Å²) in [4.78, 5) is 12.3. The third-order valence-electron chi connectivity index (χ3n) is 4.58. The van der Waals surface area contributed by atoms with Crippen molar-refractivity contribution in [1.82, 2.24) is 10.6 Å². The van der Waals surface area contributed by atoms with Crippen molar-refractivity contribution in [3.8, 4) is 5.75 Å². The highest BCUT2D eigenvalue weighted by Crippen LogP contribution is 2.17. The first-order chi connectivity index (χ1) is 14.3. The van der Waals surface area contributed by atoms with E-state index in [2.05, 4.69) is 10.6 Å². The summed E-state index contributed by atoms with van der Waals surface area (Å²) >= 11 is 0. The molecule has 1 amide bonds. The van der Waals surface area contributed by atoms with Gasteiger partial charge in [-0.3, -0.25) is 0 Å². The number of benzene rings is 2. The lowest BCUT2D eigenvalue weighted by atomic mass is 10.0. The van der Waals surface area contributed by atoms with Crippen LogP contribution in [0, 0.1) is 0 Å². The van der Waals surface area contributed by atoms with Crippen molar-refractivity contribution in [3.05, 3.63) is 65.7 Å². The Morgan fingerprint density at radius 3 is 2.40 bits per heavy atom. The van der Waals surface area contributed by atoms with Crippen LogP contribution < -0.4 is 15.4 Å². The first-order valence-electron chi connectivity index (χ1n) is 10.3. The third-order valence-corrected chi connectivity index (χ3v) is 4.58. The fraction of sp³-hybridized carbons (Fsp3) is 0.458. The minimum Gasteiger partial charge on any atom is -0.496 e. The maximum atomic E-state index is 12.3. The van der Waals surface area contributed by atoms with Crippen molar-refractivity contribution in [2.75, 3.05) is 20.2 Å². The molecule has 2 aromatic rings. The second-order valence-electron chi connectivity index (χ2n) is 8.28. The van der Waals surface area contributed by atoms with Gasteiger partial charge in [0, 0.05) is 6.54 Å². The van der Waals surface area contributed by atoms with Crippen molar-refractivity contribution in [1.29, 1.82) is 0 Å². The summed E-state index contributed by atoms with van der Waals surface area (Å²) in [5.41, 5.74) is 1.54. The first kappa shape index (κ1) is 23.7. The standard InChI is InChI=1S/C24H34N2O4/c1-24(2,3)30-23(28)26-20(16-18-10-6-5-7-11-18)21(27)17-25-15-14-19-12-8-9-13-22(19)29-4/h5-13,20-21,25,27H,14-17H2,1-4H3,(H,26,28)/t20-,21+/m0/s1. The van der Waals surface area contributed by atoms with Crippen LogP contribution in [0.4, 0.5) is 4.79 Å². The molecule has 2 rings (SSSR count). The molecule has 0 radical (unpaired) electrons. The Morgan fingerprint density at radius 2 is 1.73 bits per heavy atom. The van der Waals surface area contributed by atoms with E-state index in [-0.39, 0.29) is 0 Å². The Kier molecular flexibility index (Phi) is 9.15. The smallest absolute Gasteiger partial charge is 0.407 e. The lowest BCUT2D eigenvalue weighted by Crippen LogP contribution is -2.50. The maximum absolute atomic E-state index is 12.3. The van der Waals surface area contributed by atoms with Gasteiger partial charge in [-0.15, -0.1) is 0 Å². The lowest BCUT2D eigenvalue weighted by molar-refractivity contribution is 0.0423. The summed E-state index contributed by atoms with van der Waals surface area (Å²) in [6, 6.07) is 17.2. The number of para-hydroxylation sites is 1. The Balaban J connectivity index is 1.92. The van der Waals surface area contributed by atoms with Crippen LogP contribution in [0.2, 0.25) is 0 Å². The number of aliphatic hydroxyl groups is 1. The van der Waals surface area contributed by atoms with Gasteiger partial charge in [-0.05, 0) is 57.4 Å². The van der Waals surface area contributed by atoms with E-state index in [0.29, 0.717) is 19.5 Å². The van der Waals surface area contributed by atoms with Crippen LogP contribution in [-0.4, -0.2) is 49.1 Å². The molecule has 0 aromatic heterocycles. The minimum atomic E-state index is -0.768. The average molecular weight is 415 g/mol. The zero-order chi connectivity index (χ0) is 22.0. The van der Waals surface area contributed by atoms with Gasteiger partial charge in [0.1, 0.15) is 11.4 Å². The Bertz CT molecular complexity index is 774. The molecule has 2 aromatic carbocycles. The average Bonchev–Trinajstić information content (AvgIpc) is 2.70. The number of aliphatic hydroxyl groups excluding tert-OH is 1. The fourth-order valence-corrected chi connectivity index (χ4v) is 3.13. The molecule has 0 aliphatic carbocycles. The second-order valence-corrected chi connectivity index (χ2v) is 8.28. The number of amides is 1. The van der Waals surface area contributed by atoms with Crippen LogP contribution >= 0.6 is 0 Å². The van der Waals surface area contributed by atoms with Gasteiger partial charge in [0.15, 0.2) is 0 Å². The maximum Gasteiger partial charge on any atom is 0.407 e. The van der Waals surface area contributed by atoms with Gasteiger partial charge in [-0.2, -0.15) is 0 Å². The minimum absolute atomic E-state index is 0.350. The molecule has 6 nitrogen and oxygen atoms in total. The number of carbonyl (C=O) groups excluding carboxylic acids is 1. The van der Waals surface area contributed by atoms with E-state index in [1.165, 1.54) is 0 Å². The number of rotatable bonds is 10. The van der Waals surface area contributed by atoms with Crippen molar-refractivity contribution in [3.63, 3.8) is 0 Å². The van der Waals surface area contributed by atoms with E-state index in [1.54, 1.807) is 7.11 Å². The van der Waals surface area contributed by atoms with Crippen LogP contribution in [0.5, 0.6) is 5.75 Å². The third kappa shape index (κ3) is 8.43. The summed E-state index contributed by atoms with van der Waals surface area (Å²) in [6.07, 6.45) is -0.0124. The van der Waals surface area contributed by atoms with Crippen LogP contribution in [0.1, 0.15) is 31.9 Å². The second kappa shape index (κ2) is 11.6. The van der Waals surface area contributed by atoms with Crippen molar-refractivity contribution in [2.45, 2.75) is 51.4 Å². The molecule has 0 saturated heterocycles. The Morgan fingerprint density at radius 1 is 1.07 bits per heavy atom. The molecule has 0 aliphatic rings. The lowest BCUT2D eigenvalue weighted by Gasteiger charge is -2.27. The Labute approximate surface area is 179 Å². The van der Waals surface area contributed by atoms with Crippen LogP contribution in [-0.2, 0) is 17.6 Å². The predicted octanol–water partition coefficient (Wildman–Crippen LogP) is 3.32. The molecule has 0 saturated carbocycles. The molecule has 30 heavy (non-hydrogen) atoms. The van der Waals surface area contributed by atoms with Gasteiger partial charge in [0.2, 0.25) is 0 Å². The number of methoxy groups -OCH3 is 1. The number of ether oxygens (including phenoxy) is 2. The van der Waals surface area contributed by atoms with E-state index in [1.807, 2.05) is 75.4 Å². The van der Waals surface area contributed by atoms with Gasteiger partial charge in [-0.25, -0.2) is 4.79 Å². The molecular formula is C24H34N2O4. The number of alkyl carbamates (subject to hydrolysis) is 1. The highest BCUT2D eigenvalue weighted by atomic mass is 16.6. The normalized spacial score (nSPS) is 13.4. The highest BCUT2D eigenvalue weighted by Gasteiger charge is 2.24. The molecule has 0 spiro atoms. The zero-order valence-corrected chi connectivity index (χ0v) is 18.4. The van der Waals surface area contributed by atoms with Crippen LogP contribution in [0.3, 0.4) is 0 Å². The monoisotopic (exact) mass is 414 g/mol. The van der Waals surface area contributed by atoms with Crippen LogP contribution in [0.15, 0.2) is 54.6 Å². The van der Waals surface area contributed by atoms with E-state index < -0.39 is 23.8 Å². The zero-order valence-electron chi connectivity index (χ0n) is 18.4. The Hall–Kier alpha value is -2.57. The van der Waals surface area contributed by atoms with Gasteiger partial charge < -0.3 is 25.2 Å². The summed E-state index contributed by atoms with van der Waals surface area (Å²) in [5, 5.41) is 16.9. The van der Waals surface area contributed by atoms with Gasteiger partial charge in [-0.1, -0.05) is 48.5 Å². The fourth-order valence-electron chi connectivity index (χ4n) is 3.13. The molecule has 0 bridgehead atoms. The molecule has 0 unspecified atom stereocenters. The predicted molar refractivity (Wildman–Crippen MR) is 119 cm³/mol. The quantitative estimate of drug-likeness (QED) is 0.520. The molecule has 6 heteroatoms.